The highest BCUT2D eigenvalue weighted by molar-refractivity contribution is 9.10. The summed E-state index contributed by atoms with van der Waals surface area (Å²) in [6, 6.07) is 5.27. The van der Waals surface area contributed by atoms with Gasteiger partial charge in [-0.15, -0.1) is 0 Å². The molecule has 3 N–H and O–H groups in total. The number of nitrogens with one attached hydrogen (secondary N) is 2. The fraction of sp³-hybridized carbons (Fsp3) is 0.385. The number of benzene rings is 1. The fourth-order valence-electron chi connectivity index (χ4n) is 1.42. The van der Waals surface area contributed by atoms with Gasteiger partial charge in [0, 0.05) is 16.7 Å². The van der Waals surface area contributed by atoms with Crippen molar-refractivity contribution in [1.29, 1.82) is 0 Å². The molecular formula is C13H17BrN2O3. The number of carboxylic acid groups (broad SMARTS) is 1. The molecule has 5 nitrogen and oxygen atoms in total. The molecule has 0 aromatic heterocycles. The van der Waals surface area contributed by atoms with Gasteiger partial charge in [0.15, 0.2) is 0 Å². The van der Waals surface area contributed by atoms with Crippen molar-refractivity contribution in [2.45, 2.75) is 20.3 Å². The molecule has 0 heterocycles. The largest absolute Gasteiger partial charge is 0.481 e. The molecule has 0 aliphatic heterocycles. The maximum atomic E-state index is 11.6. The number of aliphatic carboxylic acids is 1. The molecule has 0 bridgehead atoms. The summed E-state index contributed by atoms with van der Waals surface area (Å²) in [6.07, 6.45) is 0.403. The number of carbonyl (C=O) groups is 2. The first kappa shape index (κ1) is 15.5. The second-order valence-corrected chi connectivity index (χ2v) is 5.28. The minimum absolute atomic E-state index is 0.326. The van der Waals surface area contributed by atoms with Crippen molar-refractivity contribution in [3.63, 3.8) is 0 Å². The van der Waals surface area contributed by atoms with E-state index in [1.165, 1.54) is 0 Å². The van der Waals surface area contributed by atoms with E-state index >= 15 is 0 Å². The lowest BCUT2D eigenvalue weighted by Gasteiger charge is -2.11. The van der Waals surface area contributed by atoms with Crippen molar-refractivity contribution in [2.75, 3.05) is 11.9 Å². The zero-order chi connectivity index (χ0) is 14.4. The Morgan fingerprint density at radius 1 is 1.42 bits per heavy atom. The summed E-state index contributed by atoms with van der Waals surface area (Å²) < 4.78 is 0.882. The number of aryl methyl sites for hydroxylation is 1. The van der Waals surface area contributed by atoms with Gasteiger partial charge < -0.3 is 15.7 Å². The highest BCUT2D eigenvalue weighted by atomic mass is 79.9. The fourth-order valence-corrected chi connectivity index (χ4v) is 1.78. The quantitative estimate of drug-likeness (QED) is 0.777. The predicted octanol–water partition coefficient (Wildman–Crippen LogP) is 2.99. The molecular weight excluding hydrogens is 312 g/mol. The van der Waals surface area contributed by atoms with E-state index in [1.807, 2.05) is 25.1 Å². The smallest absolute Gasteiger partial charge is 0.319 e. The summed E-state index contributed by atoms with van der Waals surface area (Å²) in [5, 5.41) is 14.1. The summed E-state index contributed by atoms with van der Waals surface area (Å²) in [4.78, 5) is 22.3. The molecule has 2 amide bonds. The monoisotopic (exact) mass is 328 g/mol. The Kier molecular flexibility index (Phi) is 5.82. The van der Waals surface area contributed by atoms with Crippen LogP contribution in [0.2, 0.25) is 0 Å². The van der Waals surface area contributed by atoms with Gasteiger partial charge in [0.25, 0.3) is 0 Å². The summed E-state index contributed by atoms with van der Waals surface area (Å²) in [5.74, 6) is -1.32. The number of rotatable bonds is 5. The number of carboxylic acids is 1. The van der Waals surface area contributed by atoms with Crippen LogP contribution in [0.15, 0.2) is 22.7 Å². The summed E-state index contributed by atoms with van der Waals surface area (Å²) in [7, 11) is 0. The van der Waals surface area contributed by atoms with Crippen LogP contribution in [-0.2, 0) is 4.79 Å². The summed E-state index contributed by atoms with van der Waals surface area (Å²) in [5.41, 5.74) is 1.68. The highest BCUT2D eigenvalue weighted by Crippen LogP contribution is 2.20. The summed E-state index contributed by atoms with van der Waals surface area (Å²) >= 11 is 3.34. The first-order chi connectivity index (χ1) is 8.90. The van der Waals surface area contributed by atoms with Gasteiger partial charge in [0.2, 0.25) is 0 Å². The number of hydrogen-bond donors (Lipinski definition) is 3. The topological polar surface area (TPSA) is 78.4 Å². The Bertz CT molecular complexity index is 477. The normalized spacial score (nSPS) is 11.7. The van der Waals surface area contributed by atoms with Gasteiger partial charge in [-0.25, -0.2) is 4.79 Å². The average molecular weight is 329 g/mol. The zero-order valence-electron chi connectivity index (χ0n) is 10.9. The standard InChI is InChI=1S/C13H17BrN2O3/c1-8-3-4-10(14)7-11(8)16-13(19)15-6-5-9(2)12(17)18/h3-4,7,9H,5-6H2,1-2H3,(H,17,18)(H2,15,16,19). The Balaban J connectivity index is 2.43. The van der Waals surface area contributed by atoms with Crippen LogP contribution in [0.3, 0.4) is 0 Å². The second-order valence-electron chi connectivity index (χ2n) is 4.37. The van der Waals surface area contributed by atoms with Crippen molar-refractivity contribution in [2.24, 2.45) is 5.92 Å². The molecule has 1 rings (SSSR count). The highest BCUT2D eigenvalue weighted by Gasteiger charge is 2.11. The molecule has 1 aromatic rings. The molecule has 19 heavy (non-hydrogen) atoms. The third-order valence-corrected chi connectivity index (χ3v) is 3.23. The number of amides is 2. The molecule has 1 atom stereocenters. The van der Waals surface area contributed by atoms with Crippen LogP contribution in [0, 0.1) is 12.8 Å². The predicted molar refractivity (Wildman–Crippen MR) is 77.3 cm³/mol. The molecule has 0 saturated carbocycles. The van der Waals surface area contributed by atoms with Crippen LogP contribution < -0.4 is 10.6 Å². The third kappa shape index (κ3) is 5.30. The Morgan fingerprint density at radius 3 is 2.74 bits per heavy atom. The van der Waals surface area contributed by atoms with Gasteiger partial charge in [-0.05, 0) is 31.0 Å². The SMILES string of the molecule is Cc1ccc(Br)cc1NC(=O)NCCC(C)C(=O)O. The van der Waals surface area contributed by atoms with Crippen molar-refractivity contribution in [3.8, 4) is 0 Å². The lowest BCUT2D eigenvalue weighted by Crippen LogP contribution is -2.31. The van der Waals surface area contributed by atoms with E-state index in [9.17, 15) is 9.59 Å². The molecule has 0 aliphatic rings. The van der Waals surface area contributed by atoms with E-state index in [-0.39, 0.29) is 6.03 Å². The molecule has 1 unspecified atom stereocenters. The van der Waals surface area contributed by atoms with E-state index in [4.69, 9.17) is 5.11 Å². The van der Waals surface area contributed by atoms with Gasteiger partial charge in [-0.2, -0.15) is 0 Å². The van der Waals surface area contributed by atoms with E-state index in [1.54, 1.807) is 6.92 Å². The van der Waals surface area contributed by atoms with E-state index in [2.05, 4.69) is 26.6 Å². The first-order valence-electron chi connectivity index (χ1n) is 5.94. The molecule has 0 saturated heterocycles. The number of anilines is 1. The first-order valence-corrected chi connectivity index (χ1v) is 6.73. The Morgan fingerprint density at radius 2 is 2.11 bits per heavy atom. The zero-order valence-corrected chi connectivity index (χ0v) is 12.5. The van der Waals surface area contributed by atoms with Crippen molar-refractivity contribution in [1.82, 2.24) is 5.32 Å². The molecule has 104 valence electrons. The molecule has 6 heteroatoms. The van der Waals surface area contributed by atoms with E-state index < -0.39 is 11.9 Å². The lowest BCUT2D eigenvalue weighted by molar-refractivity contribution is -0.141. The third-order valence-electron chi connectivity index (χ3n) is 2.73. The van der Waals surface area contributed by atoms with E-state index in [0.29, 0.717) is 13.0 Å². The Hall–Kier alpha value is -1.56. The summed E-state index contributed by atoms with van der Waals surface area (Å²) in [6.45, 7) is 3.83. The molecule has 0 fully saturated rings. The number of urea groups is 1. The molecule has 0 aliphatic carbocycles. The van der Waals surface area contributed by atoms with Crippen LogP contribution in [0.4, 0.5) is 10.5 Å². The minimum atomic E-state index is -0.856. The second kappa shape index (κ2) is 7.13. The Labute approximate surface area is 120 Å². The maximum absolute atomic E-state index is 11.6. The van der Waals surface area contributed by atoms with Crippen LogP contribution in [-0.4, -0.2) is 23.7 Å². The van der Waals surface area contributed by atoms with Gasteiger partial charge in [-0.1, -0.05) is 28.9 Å². The average Bonchev–Trinajstić information content (AvgIpc) is 2.33. The molecule has 0 radical (unpaired) electrons. The lowest BCUT2D eigenvalue weighted by atomic mass is 10.1. The van der Waals surface area contributed by atoms with Crippen LogP contribution >= 0.6 is 15.9 Å². The number of halogens is 1. The van der Waals surface area contributed by atoms with Crippen LogP contribution in [0.1, 0.15) is 18.9 Å². The van der Waals surface area contributed by atoms with Gasteiger partial charge in [0.05, 0.1) is 5.92 Å². The van der Waals surface area contributed by atoms with Crippen molar-refractivity contribution in [3.05, 3.63) is 28.2 Å². The van der Waals surface area contributed by atoms with Gasteiger partial charge >= 0.3 is 12.0 Å². The minimum Gasteiger partial charge on any atom is -0.481 e. The van der Waals surface area contributed by atoms with Crippen molar-refractivity contribution >= 4 is 33.6 Å². The van der Waals surface area contributed by atoms with Crippen molar-refractivity contribution < 1.29 is 14.7 Å². The van der Waals surface area contributed by atoms with Crippen LogP contribution in [0.25, 0.3) is 0 Å². The van der Waals surface area contributed by atoms with Crippen LogP contribution in [0.5, 0.6) is 0 Å². The molecule has 1 aromatic carbocycles. The number of hydrogen-bond acceptors (Lipinski definition) is 2. The molecule has 0 spiro atoms. The maximum Gasteiger partial charge on any atom is 0.319 e. The van der Waals surface area contributed by atoms with Gasteiger partial charge in [-0.3, -0.25) is 4.79 Å². The number of carbonyl (C=O) groups excluding carboxylic acids is 1. The van der Waals surface area contributed by atoms with E-state index in [0.717, 1.165) is 15.7 Å². The van der Waals surface area contributed by atoms with Gasteiger partial charge in [0.1, 0.15) is 0 Å².